The third kappa shape index (κ3) is 4.23. The topological polar surface area (TPSA) is 69.3 Å². The summed E-state index contributed by atoms with van der Waals surface area (Å²) in [6.07, 6.45) is 10.9. The van der Waals surface area contributed by atoms with Gasteiger partial charge in [-0.2, -0.15) is 4.31 Å². The molecule has 1 N–H and O–H groups in total. The Bertz CT molecular complexity index is 1560. The summed E-state index contributed by atoms with van der Waals surface area (Å²) in [4.78, 5) is 10.1. The first-order chi connectivity index (χ1) is 17.5. The molecule has 1 saturated heterocycles. The van der Waals surface area contributed by atoms with Gasteiger partial charge in [-0.3, -0.25) is 9.88 Å². The van der Waals surface area contributed by atoms with Crippen molar-refractivity contribution in [3.8, 4) is 0 Å². The standard InChI is InChI=1S/C28H29FN4O2S/c29-22-7-8-25-26(18-31-27(25)16-22)20-9-13-32(14-10-20)15-11-23-5-3-12-33(23)36(34,35)28-19-30-17-21-4-1-2-6-24(21)28/h1-2,4,6-9,16-19,23,31H,3,5,10-15H2/t23-/m1/s1. The van der Waals surface area contributed by atoms with E-state index in [9.17, 15) is 12.8 Å². The number of pyridine rings is 1. The zero-order valence-electron chi connectivity index (χ0n) is 20.0. The third-order valence-corrected chi connectivity index (χ3v) is 9.58. The number of aromatic amines is 1. The first kappa shape index (κ1) is 23.3. The van der Waals surface area contributed by atoms with Crippen LogP contribution in [0.25, 0.3) is 27.2 Å². The largest absolute Gasteiger partial charge is 0.360 e. The van der Waals surface area contributed by atoms with Crippen molar-refractivity contribution >= 4 is 37.3 Å². The molecule has 2 aliphatic rings. The van der Waals surface area contributed by atoms with Gasteiger partial charge in [0.25, 0.3) is 0 Å². The Morgan fingerprint density at radius 3 is 2.83 bits per heavy atom. The van der Waals surface area contributed by atoms with E-state index in [4.69, 9.17) is 0 Å². The lowest BCUT2D eigenvalue weighted by atomic mass is 9.98. The molecule has 6 rings (SSSR count). The lowest BCUT2D eigenvalue weighted by molar-refractivity contribution is 0.262. The first-order valence-electron chi connectivity index (χ1n) is 12.5. The zero-order valence-corrected chi connectivity index (χ0v) is 20.8. The number of hydrogen-bond donors (Lipinski definition) is 1. The molecule has 0 saturated carbocycles. The van der Waals surface area contributed by atoms with E-state index in [1.807, 2.05) is 36.5 Å². The van der Waals surface area contributed by atoms with Crippen molar-refractivity contribution < 1.29 is 12.8 Å². The zero-order chi connectivity index (χ0) is 24.7. The molecule has 186 valence electrons. The molecule has 0 amide bonds. The molecule has 2 aliphatic heterocycles. The van der Waals surface area contributed by atoms with Gasteiger partial charge in [0, 0.05) is 71.5 Å². The molecule has 4 heterocycles. The van der Waals surface area contributed by atoms with Gasteiger partial charge >= 0.3 is 0 Å². The van der Waals surface area contributed by atoms with Gasteiger partial charge in [0.15, 0.2) is 0 Å². The van der Waals surface area contributed by atoms with Crippen LogP contribution in [0.1, 0.15) is 31.2 Å². The summed E-state index contributed by atoms with van der Waals surface area (Å²) in [5.41, 5.74) is 3.23. The summed E-state index contributed by atoms with van der Waals surface area (Å²) in [7, 11) is -3.62. The van der Waals surface area contributed by atoms with Crippen LogP contribution in [0.5, 0.6) is 0 Å². The fraction of sp³-hybridized carbons (Fsp3) is 0.321. The Kier molecular flexibility index (Phi) is 6.11. The van der Waals surface area contributed by atoms with Gasteiger partial charge in [0.05, 0.1) is 0 Å². The monoisotopic (exact) mass is 504 g/mol. The number of sulfonamides is 1. The Morgan fingerprint density at radius 1 is 1.08 bits per heavy atom. The molecule has 6 nitrogen and oxygen atoms in total. The van der Waals surface area contributed by atoms with Crippen LogP contribution in [0.4, 0.5) is 4.39 Å². The van der Waals surface area contributed by atoms with E-state index in [1.54, 1.807) is 10.5 Å². The molecule has 0 aliphatic carbocycles. The SMILES string of the molecule is O=S(=O)(c1cncc2ccccc12)N1CCC[C@@H]1CCN1CC=C(c2c[nH]c3cc(F)ccc23)CC1. The number of aromatic nitrogens is 2. The van der Waals surface area contributed by atoms with Crippen molar-refractivity contribution in [1.29, 1.82) is 0 Å². The minimum absolute atomic E-state index is 0.00265. The quantitative estimate of drug-likeness (QED) is 0.393. The molecule has 0 unspecified atom stereocenters. The molecule has 0 radical (unpaired) electrons. The molecular formula is C28H29FN4O2S. The maximum atomic E-state index is 13.6. The maximum Gasteiger partial charge on any atom is 0.245 e. The maximum absolute atomic E-state index is 13.6. The van der Waals surface area contributed by atoms with Crippen molar-refractivity contribution in [3.63, 3.8) is 0 Å². The molecule has 0 spiro atoms. The predicted molar refractivity (Wildman–Crippen MR) is 141 cm³/mol. The van der Waals surface area contributed by atoms with Crippen LogP contribution < -0.4 is 0 Å². The average Bonchev–Trinajstić information content (AvgIpc) is 3.55. The highest BCUT2D eigenvalue weighted by atomic mass is 32.2. The van der Waals surface area contributed by atoms with Crippen LogP contribution in [0.3, 0.4) is 0 Å². The van der Waals surface area contributed by atoms with Gasteiger partial charge < -0.3 is 4.98 Å². The molecular weight excluding hydrogens is 475 g/mol. The van der Waals surface area contributed by atoms with Crippen molar-refractivity contribution in [1.82, 2.24) is 19.2 Å². The second-order valence-electron chi connectivity index (χ2n) is 9.73. The fourth-order valence-electron chi connectivity index (χ4n) is 5.69. The van der Waals surface area contributed by atoms with Gasteiger partial charge in [0.1, 0.15) is 10.7 Å². The summed E-state index contributed by atoms with van der Waals surface area (Å²) in [5, 5.41) is 2.61. The second kappa shape index (κ2) is 9.42. The molecule has 1 fully saturated rings. The summed E-state index contributed by atoms with van der Waals surface area (Å²) in [6.45, 7) is 3.16. The van der Waals surface area contributed by atoms with E-state index in [2.05, 4.69) is 20.9 Å². The Morgan fingerprint density at radius 2 is 1.97 bits per heavy atom. The minimum atomic E-state index is -3.62. The predicted octanol–water partition coefficient (Wildman–Crippen LogP) is 5.19. The van der Waals surface area contributed by atoms with Crippen molar-refractivity contribution in [3.05, 3.63) is 78.5 Å². The number of nitrogens with zero attached hydrogens (tertiary/aromatic N) is 3. The lowest BCUT2D eigenvalue weighted by Gasteiger charge is -2.30. The Hall–Kier alpha value is -3.07. The normalized spacial score (nSPS) is 19.8. The van der Waals surface area contributed by atoms with Crippen LogP contribution in [-0.2, 0) is 10.0 Å². The first-order valence-corrected chi connectivity index (χ1v) is 14.0. The highest BCUT2D eigenvalue weighted by Crippen LogP contribution is 2.33. The van der Waals surface area contributed by atoms with E-state index < -0.39 is 10.0 Å². The van der Waals surface area contributed by atoms with Crippen LogP contribution in [0.15, 0.2) is 72.0 Å². The van der Waals surface area contributed by atoms with E-state index in [0.29, 0.717) is 11.4 Å². The highest BCUT2D eigenvalue weighted by Gasteiger charge is 2.36. The summed E-state index contributed by atoms with van der Waals surface area (Å²) >= 11 is 0. The van der Waals surface area contributed by atoms with E-state index in [0.717, 1.165) is 72.6 Å². The van der Waals surface area contributed by atoms with Gasteiger partial charge in [-0.25, -0.2) is 12.8 Å². The molecule has 8 heteroatoms. The smallest absolute Gasteiger partial charge is 0.245 e. The summed E-state index contributed by atoms with van der Waals surface area (Å²) < 4.78 is 42.5. The molecule has 2 aromatic heterocycles. The van der Waals surface area contributed by atoms with Gasteiger partial charge in [-0.15, -0.1) is 0 Å². The number of halogens is 1. The Balaban J connectivity index is 1.14. The van der Waals surface area contributed by atoms with Gasteiger partial charge in [-0.1, -0.05) is 30.3 Å². The van der Waals surface area contributed by atoms with E-state index in [1.165, 1.54) is 23.9 Å². The van der Waals surface area contributed by atoms with Crippen molar-refractivity contribution in [2.75, 3.05) is 26.2 Å². The average molecular weight is 505 g/mol. The molecule has 36 heavy (non-hydrogen) atoms. The molecule has 1 atom stereocenters. The van der Waals surface area contributed by atoms with Crippen LogP contribution in [0, 0.1) is 5.82 Å². The highest BCUT2D eigenvalue weighted by molar-refractivity contribution is 7.89. The Labute approximate surface area is 210 Å². The van der Waals surface area contributed by atoms with Crippen molar-refractivity contribution in [2.24, 2.45) is 0 Å². The van der Waals surface area contributed by atoms with Crippen LogP contribution >= 0.6 is 0 Å². The van der Waals surface area contributed by atoms with E-state index >= 15 is 0 Å². The molecule has 2 aromatic carbocycles. The fourth-order valence-corrected chi connectivity index (χ4v) is 7.57. The second-order valence-corrected chi connectivity index (χ2v) is 11.6. The number of benzene rings is 2. The molecule has 4 aromatic rings. The van der Waals surface area contributed by atoms with Crippen LogP contribution in [-0.4, -0.2) is 59.8 Å². The van der Waals surface area contributed by atoms with Gasteiger partial charge in [0.2, 0.25) is 10.0 Å². The van der Waals surface area contributed by atoms with Crippen LogP contribution in [0.2, 0.25) is 0 Å². The third-order valence-electron chi connectivity index (χ3n) is 7.60. The number of rotatable bonds is 6. The van der Waals surface area contributed by atoms with Gasteiger partial charge in [-0.05, 0) is 56.0 Å². The number of hydrogen-bond acceptors (Lipinski definition) is 4. The minimum Gasteiger partial charge on any atom is -0.360 e. The van der Waals surface area contributed by atoms with E-state index in [-0.39, 0.29) is 11.9 Å². The number of nitrogens with one attached hydrogen (secondary N) is 1. The van der Waals surface area contributed by atoms with Crippen molar-refractivity contribution in [2.45, 2.75) is 36.6 Å². The summed E-state index contributed by atoms with van der Waals surface area (Å²) in [5.74, 6) is -0.237. The molecule has 0 bridgehead atoms. The number of H-pyrrole nitrogens is 1. The number of fused-ring (bicyclic) bond motifs is 2. The summed E-state index contributed by atoms with van der Waals surface area (Å²) in [6, 6.07) is 12.4. The lowest BCUT2D eigenvalue weighted by Crippen LogP contribution is -2.39.